The van der Waals surface area contributed by atoms with Crippen LogP contribution in [0.5, 0.6) is 11.5 Å². The van der Waals surface area contributed by atoms with E-state index in [1.807, 2.05) is 59.5 Å². The van der Waals surface area contributed by atoms with Crippen molar-refractivity contribution in [2.24, 2.45) is 0 Å². The van der Waals surface area contributed by atoms with Crippen LogP contribution >= 0.6 is 0 Å². The Morgan fingerprint density at radius 2 is 1.74 bits per heavy atom. The molecule has 8 heteroatoms. The molecular formula is C23H26N4O4. The Morgan fingerprint density at radius 1 is 1.00 bits per heavy atom. The second kappa shape index (κ2) is 10.1. The Labute approximate surface area is 181 Å². The van der Waals surface area contributed by atoms with Crippen LogP contribution in [0.2, 0.25) is 0 Å². The van der Waals surface area contributed by atoms with Crippen molar-refractivity contribution in [3.05, 3.63) is 60.5 Å². The van der Waals surface area contributed by atoms with Crippen LogP contribution in [0.4, 0.5) is 0 Å². The predicted molar refractivity (Wildman–Crippen MR) is 115 cm³/mol. The zero-order valence-corrected chi connectivity index (χ0v) is 17.6. The summed E-state index contributed by atoms with van der Waals surface area (Å²) in [7, 11) is 1.63. The molecule has 1 amide bonds. The topological polar surface area (TPSA) is 80.9 Å². The Kier molecular flexibility index (Phi) is 6.78. The first-order chi connectivity index (χ1) is 15.2. The van der Waals surface area contributed by atoms with Crippen LogP contribution in [0.15, 0.2) is 59.1 Å². The molecule has 0 N–H and O–H groups in total. The fraction of sp³-hybridized carbons (Fsp3) is 0.348. The summed E-state index contributed by atoms with van der Waals surface area (Å²) in [5, 5.41) is 4.08. The van der Waals surface area contributed by atoms with E-state index in [4.69, 9.17) is 14.0 Å². The van der Waals surface area contributed by atoms with Crippen LogP contribution in [-0.2, 0) is 11.3 Å². The Hall–Kier alpha value is -3.39. The summed E-state index contributed by atoms with van der Waals surface area (Å²) in [4.78, 5) is 21.0. The van der Waals surface area contributed by atoms with Crippen LogP contribution < -0.4 is 9.47 Å². The van der Waals surface area contributed by atoms with Gasteiger partial charge in [0.15, 0.2) is 0 Å². The molecule has 0 bridgehead atoms. The van der Waals surface area contributed by atoms with Crippen LogP contribution in [0, 0.1) is 0 Å². The van der Waals surface area contributed by atoms with E-state index in [0.717, 1.165) is 30.2 Å². The van der Waals surface area contributed by atoms with E-state index >= 15 is 0 Å². The Bertz CT molecular complexity index is 967. The highest BCUT2D eigenvalue weighted by atomic mass is 16.5. The fourth-order valence-electron chi connectivity index (χ4n) is 3.45. The number of benzene rings is 2. The lowest BCUT2D eigenvalue weighted by Crippen LogP contribution is -2.48. The lowest BCUT2D eigenvalue weighted by Gasteiger charge is -2.34. The summed E-state index contributed by atoms with van der Waals surface area (Å²) in [6, 6.07) is 17.1. The molecule has 31 heavy (non-hydrogen) atoms. The van der Waals surface area contributed by atoms with Gasteiger partial charge in [0.2, 0.25) is 17.6 Å². The zero-order chi connectivity index (χ0) is 21.5. The number of hydrogen-bond acceptors (Lipinski definition) is 7. The van der Waals surface area contributed by atoms with E-state index in [0.29, 0.717) is 44.4 Å². The van der Waals surface area contributed by atoms with Gasteiger partial charge in [-0.3, -0.25) is 9.69 Å². The number of nitrogens with zero attached hydrogens (tertiary/aromatic N) is 4. The first-order valence-electron chi connectivity index (χ1n) is 10.4. The third-order valence-electron chi connectivity index (χ3n) is 5.23. The summed E-state index contributed by atoms with van der Waals surface area (Å²) in [5.41, 5.74) is 0.879. The number of amides is 1. The molecule has 2 heterocycles. The quantitative estimate of drug-likeness (QED) is 0.552. The van der Waals surface area contributed by atoms with Crippen molar-refractivity contribution in [1.29, 1.82) is 0 Å². The molecule has 1 aliphatic rings. The molecule has 8 nitrogen and oxygen atoms in total. The summed E-state index contributed by atoms with van der Waals surface area (Å²) in [5.74, 6) is 2.82. The fourth-order valence-corrected chi connectivity index (χ4v) is 3.45. The van der Waals surface area contributed by atoms with Crippen LogP contribution in [0.1, 0.15) is 12.3 Å². The molecule has 0 unspecified atom stereocenters. The molecule has 1 aromatic heterocycles. The number of carbonyl (C=O) groups excluding carboxylic acids is 1. The van der Waals surface area contributed by atoms with E-state index in [2.05, 4.69) is 15.0 Å². The molecule has 1 aliphatic heterocycles. The lowest BCUT2D eigenvalue weighted by atomic mass is 10.2. The van der Waals surface area contributed by atoms with E-state index < -0.39 is 0 Å². The predicted octanol–water partition coefficient (Wildman–Crippen LogP) is 2.86. The van der Waals surface area contributed by atoms with Crippen molar-refractivity contribution in [3.63, 3.8) is 0 Å². The number of hydrogen-bond donors (Lipinski definition) is 0. The zero-order valence-electron chi connectivity index (χ0n) is 17.6. The third kappa shape index (κ3) is 5.61. The van der Waals surface area contributed by atoms with Gasteiger partial charge in [0, 0.05) is 31.7 Å². The normalized spacial score (nSPS) is 14.4. The van der Waals surface area contributed by atoms with Crippen molar-refractivity contribution in [1.82, 2.24) is 19.9 Å². The molecule has 0 saturated carbocycles. The Balaban J connectivity index is 1.21. The van der Waals surface area contributed by atoms with Crippen molar-refractivity contribution < 1.29 is 18.8 Å². The number of rotatable bonds is 8. The first kappa shape index (κ1) is 20.9. The van der Waals surface area contributed by atoms with Crippen LogP contribution in [0.25, 0.3) is 11.4 Å². The molecule has 0 spiro atoms. The van der Waals surface area contributed by atoms with Gasteiger partial charge in [-0.15, -0.1) is 0 Å². The minimum atomic E-state index is 0.121. The molecule has 3 aromatic rings. The number of carbonyl (C=O) groups is 1. The number of piperazine rings is 1. The number of para-hydroxylation sites is 1. The van der Waals surface area contributed by atoms with E-state index in [1.165, 1.54) is 0 Å². The molecule has 0 aliphatic carbocycles. The molecule has 0 radical (unpaired) electrons. The van der Waals surface area contributed by atoms with Crippen molar-refractivity contribution >= 4 is 5.91 Å². The van der Waals surface area contributed by atoms with Crippen molar-refractivity contribution in [2.45, 2.75) is 13.0 Å². The van der Waals surface area contributed by atoms with Crippen LogP contribution in [0.3, 0.4) is 0 Å². The van der Waals surface area contributed by atoms with Gasteiger partial charge < -0.3 is 18.9 Å². The molecule has 1 saturated heterocycles. The maximum Gasteiger partial charge on any atom is 0.241 e. The largest absolute Gasteiger partial charge is 0.497 e. The highest BCUT2D eigenvalue weighted by Gasteiger charge is 2.22. The van der Waals surface area contributed by atoms with E-state index in [-0.39, 0.29) is 5.91 Å². The highest BCUT2D eigenvalue weighted by Crippen LogP contribution is 2.20. The van der Waals surface area contributed by atoms with Gasteiger partial charge in [0.1, 0.15) is 11.5 Å². The average molecular weight is 422 g/mol. The molecule has 1 fully saturated rings. The smallest absolute Gasteiger partial charge is 0.241 e. The maximum absolute atomic E-state index is 12.4. The summed E-state index contributed by atoms with van der Waals surface area (Å²) < 4.78 is 16.2. The molecule has 0 atom stereocenters. The minimum Gasteiger partial charge on any atom is -0.497 e. The minimum absolute atomic E-state index is 0.121. The van der Waals surface area contributed by atoms with Gasteiger partial charge in [-0.25, -0.2) is 0 Å². The molecule has 2 aromatic carbocycles. The molecular weight excluding hydrogens is 396 g/mol. The number of methoxy groups -OCH3 is 1. The van der Waals surface area contributed by atoms with Gasteiger partial charge in [0.05, 0.1) is 26.7 Å². The van der Waals surface area contributed by atoms with Gasteiger partial charge in [0.25, 0.3) is 0 Å². The lowest BCUT2D eigenvalue weighted by molar-refractivity contribution is -0.133. The van der Waals surface area contributed by atoms with Crippen molar-refractivity contribution in [2.75, 3.05) is 39.9 Å². The molecule has 162 valence electrons. The summed E-state index contributed by atoms with van der Waals surface area (Å²) in [6.07, 6.45) is 0.379. The van der Waals surface area contributed by atoms with Gasteiger partial charge in [-0.2, -0.15) is 4.98 Å². The third-order valence-corrected chi connectivity index (χ3v) is 5.23. The maximum atomic E-state index is 12.4. The Morgan fingerprint density at radius 3 is 2.45 bits per heavy atom. The summed E-state index contributed by atoms with van der Waals surface area (Å²) >= 11 is 0. The number of aromatic nitrogens is 2. The van der Waals surface area contributed by atoms with Crippen LogP contribution in [-0.4, -0.2) is 65.7 Å². The first-order valence-corrected chi connectivity index (χ1v) is 10.4. The van der Waals surface area contributed by atoms with Gasteiger partial charge in [-0.05, 0) is 36.4 Å². The highest BCUT2D eigenvalue weighted by molar-refractivity contribution is 5.76. The second-order valence-electron chi connectivity index (χ2n) is 7.31. The van der Waals surface area contributed by atoms with Crippen molar-refractivity contribution in [3.8, 4) is 22.9 Å². The SMILES string of the molecule is COc1ccc(-c2noc(CN3CCN(C(=O)CCOc4ccccc4)CC3)n2)cc1. The monoisotopic (exact) mass is 422 g/mol. The standard InChI is InChI=1S/C23H26N4O4/c1-29-19-9-7-18(8-10-19)23-24-21(31-25-23)17-26-12-14-27(15-13-26)22(28)11-16-30-20-5-3-2-4-6-20/h2-10H,11-17H2,1H3. The van der Waals surface area contributed by atoms with Gasteiger partial charge >= 0.3 is 0 Å². The average Bonchev–Trinajstić information content (AvgIpc) is 3.29. The van der Waals surface area contributed by atoms with Gasteiger partial charge in [-0.1, -0.05) is 23.4 Å². The van der Waals surface area contributed by atoms with E-state index in [9.17, 15) is 4.79 Å². The van der Waals surface area contributed by atoms with E-state index in [1.54, 1.807) is 7.11 Å². The second-order valence-corrected chi connectivity index (χ2v) is 7.31. The molecule has 4 rings (SSSR count). The number of ether oxygens (including phenoxy) is 2. The summed E-state index contributed by atoms with van der Waals surface area (Å²) in [6.45, 7) is 3.87.